The van der Waals surface area contributed by atoms with Gasteiger partial charge in [0, 0.05) is 5.71 Å². The number of rotatable bonds is 3. The maximum Gasteiger partial charge on any atom is 0.317 e. The van der Waals surface area contributed by atoms with Gasteiger partial charge in [-0.2, -0.15) is 10.4 Å². The first-order valence-electron chi connectivity index (χ1n) is 8.82. The predicted molar refractivity (Wildman–Crippen MR) is 102 cm³/mol. The number of carbonyl (C=O) groups is 1. The van der Waals surface area contributed by atoms with Crippen LogP contribution in [0.25, 0.3) is 10.8 Å². The number of aliphatic imine (C=N–C) groups is 1. The van der Waals surface area contributed by atoms with E-state index in [1.54, 1.807) is 18.5 Å². The summed E-state index contributed by atoms with van der Waals surface area (Å²) in [4.78, 5) is 17.3. The minimum absolute atomic E-state index is 0.292. The van der Waals surface area contributed by atoms with Gasteiger partial charge in [0.25, 0.3) is 0 Å². The van der Waals surface area contributed by atoms with Crippen LogP contribution < -0.4 is 0 Å². The number of hydrogen-bond donors (Lipinski definition) is 0. The molecule has 6 heteroatoms. The van der Waals surface area contributed by atoms with Crippen LogP contribution in [-0.4, -0.2) is 28.1 Å². The van der Waals surface area contributed by atoms with Gasteiger partial charge in [0.1, 0.15) is 17.6 Å². The third-order valence-corrected chi connectivity index (χ3v) is 4.88. The topological polar surface area (TPSA) is 80.3 Å². The number of esters is 1. The fraction of sp³-hybridized carbons (Fsp3) is 0.238. The van der Waals surface area contributed by atoms with E-state index in [1.807, 2.05) is 42.5 Å². The van der Waals surface area contributed by atoms with Crippen molar-refractivity contribution in [3.63, 3.8) is 0 Å². The van der Waals surface area contributed by atoms with Crippen LogP contribution in [0.2, 0.25) is 0 Å². The zero-order chi connectivity index (χ0) is 19.0. The molecule has 1 aliphatic rings. The standard InChI is InChI=1S/C21H18N4O2/c1-3-27-21(26)18-13(2)24-20-15(11-22)12-23-25(20)19(18)17-10-6-8-14-7-4-5-9-16(14)17/h4-10,12,18-19H,3H2,1-2H3. The van der Waals surface area contributed by atoms with E-state index in [0.717, 1.165) is 16.3 Å². The lowest BCUT2D eigenvalue weighted by Crippen LogP contribution is -2.37. The molecule has 0 radical (unpaired) electrons. The summed E-state index contributed by atoms with van der Waals surface area (Å²) in [5.41, 5.74) is 1.96. The molecule has 0 spiro atoms. The van der Waals surface area contributed by atoms with E-state index in [4.69, 9.17) is 4.74 Å². The van der Waals surface area contributed by atoms with Gasteiger partial charge in [-0.05, 0) is 30.2 Å². The minimum Gasteiger partial charge on any atom is -0.465 e. The largest absolute Gasteiger partial charge is 0.465 e. The Balaban J connectivity index is 1.99. The van der Waals surface area contributed by atoms with Crippen molar-refractivity contribution in [1.82, 2.24) is 9.78 Å². The fourth-order valence-corrected chi connectivity index (χ4v) is 3.71. The van der Waals surface area contributed by atoms with E-state index in [0.29, 0.717) is 23.7 Å². The minimum atomic E-state index is -0.602. The van der Waals surface area contributed by atoms with Gasteiger partial charge in [0.15, 0.2) is 5.82 Å². The Kier molecular flexibility index (Phi) is 4.21. The highest BCUT2D eigenvalue weighted by Gasteiger charge is 2.40. The van der Waals surface area contributed by atoms with Gasteiger partial charge in [-0.15, -0.1) is 0 Å². The fourth-order valence-electron chi connectivity index (χ4n) is 3.71. The molecule has 0 saturated heterocycles. The zero-order valence-electron chi connectivity index (χ0n) is 15.1. The number of fused-ring (bicyclic) bond motifs is 2. The summed E-state index contributed by atoms with van der Waals surface area (Å²) in [6, 6.07) is 15.7. The molecule has 1 aromatic heterocycles. The second kappa shape index (κ2) is 6.69. The van der Waals surface area contributed by atoms with Crippen molar-refractivity contribution in [2.75, 3.05) is 6.61 Å². The summed E-state index contributed by atoms with van der Waals surface area (Å²) in [5, 5.41) is 15.9. The smallest absolute Gasteiger partial charge is 0.317 e. The Morgan fingerprint density at radius 3 is 2.81 bits per heavy atom. The van der Waals surface area contributed by atoms with Crippen molar-refractivity contribution in [2.45, 2.75) is 19.9 Å². The molecule has 0 amide bonds. The first-order chi connectivity index (χ1) is 13.2. The summed E-state index contributed by atoms with van der Waals surface area (Å²) in [5.74, 6) is -0.459. The maximum absolute atomic E-state index is 12.8. The third-order valence-electron chi connectivity index (χ3n) is 4.88. The average Bonchev–Trinajstić information content (AvgIpc) is 3.09. The van der Waals surface area contributed by atoms with Crippen LogP contribution in [0.1, 0.15) is 31.0 Å². The average molecular weight is 358 g/mol. The lowest BCUT2D eigenvalue weighted by atomic mass is 9.86. The van der Waals surface area contributed by atoms with E-state index < -0.39 is 12.0 Å². The Morgan fingerprint density at radius 1 is 1.26 bits per heavy atom. The highest BCUT2D eigenvalue weighted by atomic mass is 16.5. The summed E-state index contributed by atoms with van der Waals surface area (Å²) in [7, 11) is 0. The van der Waals surface area contributed by atoms with Gasteiger partial charge in [-0.25, -0.2) is 9.67 Å². The Bertz CT molecular complexity index is 1100. The zero-order valence-corrected chi connectivity index (χ0v) is 15.1. The summed E-state index contributed by atoms with van der Waals surface area (Å²) >= 11 is 0. The van der Waals surface area contributed by atoms with Crippen molar-refractivity contribution >= 4 is 28.3 Å². The van der Waals surface area contributed by atoms with Crippen molar-refractivity contribution in [2.24, 2.45) is 10.9 Å². The Morgan fingerprint density at radius 2 is 2.04 bits per heavy atom. The van der Waals surface area contributed by atoms with Crippen LogP contribution in [0.15, 0.2) is 53.7 Å². The molecule has 4 rings (SSSR count). The summed E-state index contributed by atoms with van der Waals surface area (Å²) in [6.07, 6.45) is 1.50. The van der Waals surface area contributed by atoms with Gasteiger partial charge in [-0.3, -0.25) is 4.79 Å². The van der Waals surface area contributed by atoms with Crippen molar-refractivity contribution < 1.29 is 9.53 Å². The van der Waals surface area contributed by atoms with Gasteiger partial charge in [0.05, 0.1) is 18.8 Å². The SMILES string of the molecule is CCOC(=O)C1C(C)=Nc2c(C#N)cnn2C1c1cccc2ccccc12. The van der Waals surface area contributed by atoms with Crippen molar-refractivity contribution in [3.05, 3.63) is 59.8 Å². The van der Waals surface area contributed by atoms with E-state index in [2.05, 4.69) is 16.2 Å². The van der Waals surface area contributed by atoms with E-state index in [9.17, 15) is 10.1 Å². The van der Waals surface area contributed by atoms with Crippen LogP contribution in [-0.2, 0) is 9.53 Å². The molecule has 2 unspecified atom stereocenters. The second-order valence-electron chi connectivity index (χ2n) is 6.43. The highest BCUT2D eigenvalue weighted by molar-refractivity contribution is 6.04. The van der Waals surface area contributed by atoms with Gasteiger partial charge in [0.2, 0.25) is 0 Å². The molecule has 2 heterocycles. The molecule has 0 aliphatic carbocycles. The maximum atomic E-state index is 12.8. The lowest BCUT2D eigenvalue weighted by molar-refractivity contribution is -0.146. The molecule has 134 valence electrons. The summed E-state index contributed by atoms with van der Waals surface area (Å²) < 4.78 is 7.01. The highest BCUT2D eigenvalue weighted by Crippen LogP contribution is 2.40. The number of ether oxygens (including phenoxy) is 1. The van der Waals surface area contributed by atoms with E-state index in [-0.39, 0.29) is 5.97 Å². The summed E-state index contributed by atoms with van der Waals surface area (Å²) in [6.45, 7) is 3.88. The first-order valence-corrected chi connectivity index (χ1v) is 8.82. The van der Waals surface area contributed by atoms with Gasteiger partial charge < -0.3 is 4.74 Å². The van der Waals surface area contributed by atoms with Crippen LogP contribution in [0.3, 0.4) is 0 Å². The molecule has 2 aromatic carbocycles. The van der Waals surface area contributed by atoms with Gasteiger partial charge in [-0.1, -0.05) is 42.5 Å². The van der Waals surface area contributed by atoms with Crippen LogP contribution in [0, 0.1) is 17.2 Å². The molecule has 3 aromatic rings. The predicted octanol–water partition coefficient (Wildman–Crippen LogP) is 3.78. The van der Waals surface area contributed by atoms with Crippen LogP contribution in [0.5, 0.6) is 0 Å². The Labute approximate surface area is 156 Å². The molecule has 6 nitrogen and oxygen atoms in total. The lowest BCUT2D eigenvalue weighted by Gasteiger charge is -2.31. The number of hydrogen-bond acceptors (Lipinski definition) is 5. The number of benzene rings is 2. The Hall–Kier alpha value is -3.46. The third kappa shape index (κ3) is 2.68. The van der Waals surface area contributed by atoms with Crippen LogP contribution >= 0.6 is 0 Å². The molecular formula is C21H18N4O2. The van der Waals surface area contributed by atoms with Gasteiger partial charge >= 0.3 is 5.97 Å². The van der Waals surface area contributed by atoms with Crippen LogP contribution in [0.4, 0.5) is 5.82 Å². The second-order valence-corrected chi connectivity index (χ2v) is 6.43. The number of carbonyl (C=O) groups excluding carboxylic acids is 1. The molecule has 1 aliphatic heterocycles. The van der Waals surface area contributed by atoms with E-state index in [1.165, 1.54) is 6.20 Å². The van der Waals surface area contributed by atoms with Crippen molar-refractivity contribution in [3.8, 4) is 6.07 Å². The van der Waals surface area contributed by atoms with Crippen molar-refractivity contribution in [1.29, 1.82) is 5.26 Å². The number of nitriles is 1. The normalized spacial score (nSPS) is 18.5. The number of aromatic nitrogens is 2. The van der Waals surface area contributed by atoms with E-state index >= 15 is 0 Å². The first kappa shape index (κ1) is 17.0. The number of nitrogens with zero attached hydrogens (tertiary/aromatic N) is 4. The molecule has 27 heavy (non-hydrogen) atoms. The molecule has 0 bridgehead atoms. The monoisotopic (exact) mass is 358 g/mol. The molecule has 0 fully saturated rings. The molecular weight excluding hydrogens is 340 g/mol. The molecule has 0 N–H and O–H groups in total. The molecule has 2 atom stereocenters. The molecule has 0 saturated carbocycles. The quantitative estimate of drug-likeness (QED) is 0.667.